The zero-order valence-electron chi connectivity index (χ0n) is 13.6. The molecule has 1 aromatic carbocycles. The van der Waals surface area contributed by atoms with Gasteiger partial charge in [0.2, 0.25) is 0 Å². The summed E-state index contributed by atoms with van der Waals surface area (Å²) in [6, 6.07) is 5.79. The number of nitrogens with zero attached hydrogens (tertiary/aromatic N) is 1. The van der Waals surface area contributed by atoms with E-state index >= 15 is 0 Å². The Bertz CT molecular complexity index is 968. The molecular weight excluding hydrogens is 310 g/mol. The summed E-state index contributed by atoms with van der Waals surface area (Å²) >= 11 is 0. The third-order valence-electron chi connectivity index (χ3n) is 3.83. The fraction of sp³-hybridized carbons (Fsp3) is 0.278. The van der Waals surface area contributed by atoms with Gasteiger partial charge in [-0.2, -0.15) is 0 Å². The van der Waals surface area contributed by atoms with Gasteiger partial charge in [0.15, 0.2) is 9.84 Å². The topological polar surface area (TPSA) is 59.6 Å². The first kappa shape index (κ1) is 15.7. The van der Waals surface area contributed by atoms with E-state index in [4.69, 9.17) is 4.42 Å². The summed E-state index contributed by atoms with van der Waals surface area (Å²) in [4.78, 5) is 4.38. The van der Waals surface area contributed by atoms with Crippen LogP contribution < -0.4 is 0 Å². The maximum Gasteiger partial charge on any atom is 0.176 e. The van der Waals surface area contributed by atoms with Gasteiger partial charge in [-0.3, -0.25) is 4.99 Å². The van der Waals surface area contributed by atoms with Crippen molar-refractivity contribution in [1.29, 1.82) is 0 Å². The molecule has 2 heterocycles. The van der Waals surface area contributed by atoms with Crippen molar-refractivity contribution in [2.75, 3.05) is 0 Å². The van der Waals surface area contributed by atoms with Crippen LogP contribution in [0, 0.1) is 0 Å². The van der Waals surface area contributed by atoms with Crippen LogP contribution in [0.3, 0.4) is 0 Å². The Balaban J connectivity index is 2.17. The normalized spacial score (nSPS) is 15.2. The molecule has 5 heteroatoms. The van der Waals surface area contributed by atoms with Gasteiger partial charge in [0, 0.05) is 28.3 Å². The number of aliphatic imine (C=N–C) groups is 1. The summed E-state index contributed by atoms with van der Waals surface area (Å²) in [5, 5.41) is 2.18. The molecule has 0 saturated heterocycles. The predicted octanol–water partition coefficient (Wildman–Crippen LogP) is 4.41. The lowest BCUT2D eigenvalue weighted by Gasteiger charge is -2.15. The van der Waals surface area contributed by atoms with Gasteiger partial charge < -0.3 is 4.42 Å². The number of hydrogen-bond acceptors (Lipinski definition) is 4. The first-order chi connectivity index (χ1) is 10.7. The van der Waals surface area contributed by atoms with Crippen molar-refractivity contribution < 1.29 is 12.8 Å². The number of sulfone groups is 1. The van der Waals surface area contributed by atoms with E-state index in [0.29, 0.717) is 5.76 Å². The van der Waals surface area contributed by atoms with Crippen molar-refractivity contribution in [1.82, 2.24) is 0 Å². The summed E-state index contributed by atoms with van der Waals surface area (Å²) in [7, 11) is -3.37. The molecule has 120 valence electrons. The number of hydrogen-bond donors (Lipinski definition) is 0. The minimum absolute atomic E-state index is 0.507. The summed E-state index contributed by atoms with van der Waals surface area (Å²) in [5.41, 5.74) is 3.45. The molecule has 1 aromatic heterocycles. The smallest absolute Gasteiger partial charge is 0.176 e. The Morgan fingerprint density at radius 1 is 1.22 bits per heavy atom. The second kappa shape index (κ2) is 5.20. The van der Waals surface area contributed by atoms with Gasteiger partial charge in [-0.05, 0) is 51.5 Å². The van der Waals surface area contributed by atoms with Gasteiger partial charge in [0.25, 0.3) is 0 Å². The summed E-state index contributed by atoms with van der Waals surface area (Å²) < 4.78 is 29.5. The van der Waals surface area contributed by atoms with E-state index in [1.807, 2.05) is 31.2 Å². The zero-order chi connectivity index (χ0) is 16.8. The molecular formula is C18H19NO3S. The van der Waals surface area contributed by atoms with Crippen LogP contribution in [-0.2, 0) is 9.84 Å². The fourth-order valence-corrected chi connectivity index (χ4v) is 3.09. The van der Waals surface area contributed by atoms with E-state index in [1.165, 1.54) is 11.5 Å². The number of rotatable bonds is 2. The predicted molar refractivity (Wildman–Crippen MR) is 95.2 cm³/mol. The van der Waals surface area contributed by atoms with Crippen molar-refractivity contribution in [3.8, 4) is 0 Å². The molecule has 0 atom stereocenters. The highest BCUT2D eigenvalue weighted by Gasteiger charge is 2.26. The Morgan fingerprint density at radius 3 is 2.65 bits per heavy atom. The molecule has 0 radical (unpaired) electrons. The largest absolute Gasteiger partial charge is 0.456 e. The molecule has 0 unspecified atom stereocenters. The first-order valence-electron chi connectivity index (χ1n) is 7.40. The molecule has 0 aliphatic carbocycles. The molecule has 0 saturated carbocycles. The summed E-state index contributed by atoms with van der Waals surface area (Å²) in [6.45, 7) is 6.95. The Labute approximate surface area is 136 Å². The van der Waals surface area contributed by atoms with Crippen LogP contribution in [-0.4, -0.2) is 19.4 Å². The average molecular weight is 329 g/mol. The number of furan rings is 1. The van der Waals surface area contributed by atoms with E-state index in [-0.39, 0.29) is 0 Å². The van der Waals surface area contributed by atoms with Crippen molar-refractivity contribution >= 4 is 39.2 Å². The SMILES string of the molecule is CC1=Cc2cccc3oc(C=CS(=O)(=O)C(C)(C)C)c(c23)C=N1. The third kappa shape index (κ3) is 2.77. The van der Waals surface area contributed by atoms with Crippen molar-refractivity contribution in [2.45, 2.75) is 32.4 Å². The van der Waals surface area contributed by atoms with E-state index in [9.17, 15) is 8.42 Å². The van der Waals surface area contributed by atoms with Gasteiger partial charge in [0.1, 0.15) is 11.3 Å². The average Bonchev–Trinajstić information content (AvgIpc) is 2.70. The van der Waals surface area contributed by atoms with Gasteiger partial charge in [-0.15, -0.1) is 0 Å². The van der Waals surface area contributed by atoms with Crippen LogP contribution in [0.4, 0.5) is 0 Å². The van der Waals surface area contributed by atoms with E-state index in [2.05, 4.69) is 4.99 Å². The number of benzene rings is 1. The molecule has 0 amide bonds. The van der Waals surface area contributed by atoms with Crippen molar-refractivity contribution in [2.24, 2.45) is 4.99 Å². The zero-order valence-corrected chi connectivity index (χ0v) is 14.4. The lowest BCUT2D eigenvalue weighted by Crippen LogP contribution is -2.25. The van der Waals surface area contributed by atoms with Gasteiger partial charge in [0.05, 0.1) is 4.75 Å². The highest BCUT2D eigenvalue weighted by atomic mass is 32.2. The van der Waals surface area contributed by atoms with Gasteiger partial charge in [-0.25, -0.2) is 8.42 Å². The molecule has 0 N–H and O–H groups in total. The molecule has 3 rings (SSSR count). The molecule has 1 aliphatic heterocycles. The second-order valence-corrected chi connectivity index (χ2v) is 9.19. The Kier molecular flexibility index (Phi) is 3.56. The van der Waals surface area contributed by atoms with Crippen LogP contribution in [0.5, 0.6) is 0 Å². The molecule has 0 spiro atoms. The highest BCUT2D eigenvalue weighted by Crippen LogP contribution is 2.32. The third-order valence-corrected chi connectivity index (χ3v) is 6.03. The lowest BCUT2D eigenvalue weighted by molar-refractivity contribution is 0.569. The minimum Gasteiger partial charge on any atom is -0.456 e. The molecule has 1 aliphatic rings. The lowest BCUT2D eigenvalue weighted by atomic mass is 10.1. The van der Waals surface area contributed by atoms with Crippen LogP contribution >= 0.6 is 0 Å². The maximum absolute atomic E-state index is 12.3. The van der Waals surface area contributed by atoms with Crippen LogP contribution in [0.2, 0.25) is 0 Å². The van der Waals surface area contributed by atoms with Crippen LogP contribution in [0.15, 0.2) is 38.7 Å². The number of allylic oxidation sites excluding steroid dienone is 1. The molecule has 2 aromatic rings. The summed E-state index contributed by atoms with van der Waals surface area (Å²) in [5.74, 6) is 0.507. The van der Waals surface area contributed by atoms with E-state index < -0.39 is 14.6 Å². The fourth-order valence-electron chi connectivity index (χ4n) is 2.37. The molecule has 4 nitrogen and oxygen atoms in total. The first-order valence-corrected chi connectivity index (χ1v) is 8.94. The van der Waals surface area contributed by atoms with Crippen LogP contribution in [0.1, 0.15) is 44.6 Å². The summed E-state index contributed by atoms with van der Waals surface area (Å²) in [6.07, 6.45) is 5.24. The minimum atomic E-state index is -3.37. The Hall–Kier alpha value is -2.14. The highest BCUT2D eigenvalue weighted by molar-refractivity contribution is 7.95. The van der Waals surface area contributed by atoms with Crippen molar-refractivity contribution in [3.63, 3.8) is 0 Å². The molecule has 0 fully saturated rings. The van der Waals surface area contributed by atoms with E-state index in [1.54, 1.807) is 27.0 Å². The van der Waals surface area contributed by atoms with Crippen LogP contribution in [0.25, 0.3) is 23.1 Å². The maximum atomic E-state index is 12.3. The Morgan fingerprint density at radius 2 is 1.96 bits per heavy atom. The molecule has 23 heavy (non-hydrogen) atoms. The molecule has 0 bridgehead atoms. The van der Waals surface area contributed by atoms with Crippen molar-refractivity contribution in [3.05, 3.63) is 46.2 Å². The van der Waals surface area contributed by atoms with E-state index in [0.717, 1.165) is 27.8 Å². The second-order valence-electron chi connectivity index (χ2n) is 6.60. The monoisotopic (exact) mass is 329 g/mol. The standard InChI is InChI=1S/C18H19NO3S/c1-12-10-13-6-5-7-16-17(13)14(11-19-12)15(22-16)8-9-23(20,21)18(2,3)4/h5-11H,1-4H3. The van der Waals surface area contributed by atoms with Gasteiger partial charge in [-0.1, -0.05) is 12.1 Å². The van der Waals surface area contributed by atoms with Gasteiger partial charge >= 0.3 is 0 Å². The quantitative estimate of drug-likeness (QED) is 0.820.